The first-order chi connectivity index (χ1) is 13.0. The summed E-state index contributed by atoms with van der Waals surface area (Å²) in [6, 6.07) is 2.72. The van der Waals surface area contributed by atoms with Crippen LogP contribution in [0.25, 0.3) is 10.8 Å². The van der Waals surface area contributed by atoms with Crippen LogP contribution in [0.15, 0.2) is 52.4 Å². The Hall–Kier alpha value is -2.93. The average Bonchev–Trinajstić information content (AvgIpc) is 2.61. The number of anilines is 2. The van der Waals surface area contributed by atoms with Crippen LogP contribution in [0.3, 0.4) is 0 Å². The van der Waals surface area contributed by atoms with E-state index in [0.29, 0.717) is 0 Å². The van der Waals surface area contributed by atoms with Crippen LogP contribution in [0.1, 0.15) is 0 Å². The minimum atomic E-state index is -4.85. The van der Waals surface area contributed by atoms with Crippen LogP contribution in [0.2, 0.25) is 0 Å². The molecule has 0 aliphatic carbocycles. The van der Waals surface area contributed by atoms with Gasteiger partial charge in [-0.05, 0) is 18.2 Å². The van der Waals surface area contributed by atoms with E-state index in [1.54, 1.807) is 24.4 Å². The van der Waals surface area contributed by atoms with Crippen LogP contribution in [-0.2, 0) is 25.0 Å². The van der Waals surface area contributed by atoms with Crippen molar-refractivity contribution in [3.05, 3.63) is 42.6 Å². The second kappa shape index (κ2) is 6.91. The molecule has 0 unspecified atom stereocenters. The van der Waals surface area contributed by atoms with E-state index in [1.165, 1.54) is 4.90 Å². The normalized spacial score (nSPS) is 14.4. The average molecular weight is 426 g/mol. The largest absolute Gasteiger partial charge is 0.507 e. The number of carbonyl (C=O) groups excluding carboxylic acids is 1. The molecular formula is C16H14N2O8S2. The second-order valence-electron chi connectivity index (χ2n) is 5.77. The summed E-state index contributed by atoms with van der Waals surface area (Å²) >= 11 is 0. The SMILES string of the molecule is O=CNc1c(S(=O)(=O)O)cc(N2C=CC=CC2)c2c(O)cc(S(=O)(=O)O)cc12. The molecule has 0 aromatic heterocycles. The molecule has 1 aliphatic rings. The lowest BCUT2D eigenvalue weighted by molar-refractivity contribution is -0.105. The van der Waals surface area contributed by atoms with E-state index in [2.05, 4.69) is 5.32 Å². The number of benzene rings is 2. The molecule has 0 saturated carbocycles. The van der Waals surface area contributed by atoms with Crippen LogP contribution in [0.5, 0.6) is 5.75 Å². The Kier molecular flexibility index (Phi) is 4.89. The fraction of sp³-hybridized carbons (Fsp3) is 0.0625. The number of fused-ring (bicyclic) bond motifs is 1. The zero-order valence-corrected chi connectivity index (χ0v) is 15.6. The molecule has 0 radical (unpaired) electrons. The predicted octanol–water partition coefficient (Wildman–Crippen LogP) is 1.50. The van der Waals surface area contributed by atoms with E-state index in [0.717, 1.165) is 18.2 Å². The van der Waals surface area contributed by atoms with Crippen LogP contribution in [-0.4, -0.2) is 44.0 Å². The molecule has 12 heteroatoms. The smallest absolute Gasteiger partial charge is 0.296 e. The van der Waals surface area contributed by atoms with Crippen LogP contribution >= 0.6 is 0 Å². The molecule has 10 nitrogen and oxygen atoms in total. The maximum absolute atomic E-state index is 11.9. The number of rotatable bonds is 5. The Morgan fingerprint density at radius 3 is 2.29 bits per heavy atom. The highest BCUT2D eigenvalue weighted by atomic mass is 32.2. The van der Waals surface area contributed by atoms with Gasteiger partial charge in [-0.2, -0.15) is 16.8 Å². The summed E-state index contributed by atoms with van der Waals surface area (Å²) in [6.45, 7) is 0.288. The van der Waals surface area contributed by atoms with Gasteiger partial charge in [0.15, 0.2) is 0 Å². The van der Waals surface area contributed by atoms with Crippen LogP contribution in [0, 0.1) is 0 Å². The molecule has 0 atom stereocenters. The third-order valence-electron chi connectivity index (χ3n) is 4.03. The molecule has 2 aromatic rings. The molecule has 1 aliphatic heterocycles. The molecule has 1 heterocycles. The number of carbonyl (C=O) groups is 1. The van der Waals surface area contributed by atoms with E-state index in [-0.39, 0.29) is 29.4 Å². The Balaban J connectivity index is 2.53. The number of phenols is 1. The summed E-state index contributed by atoms with van der Waals surface area (Å²) < 4.78 is 65.8. The summed E-state index contributed by atoms with van der Waals surface area (Å²) in [7, 11) is -9.61. The van der Waals surface area contributed by atoms with Crippen molar-refractivity contribution in [1.82, 2.24) is 0 Å². The minimum absolute atomic E-state index is 0.00380. The van der Waals surface area contributed by atoms with Gasteiger partial charge in [0.25, 0.3) is 20.2 Å². The summed E-state index contributed by atoms with van der Waals surface area (Å²) in [5, 5.41) is 12.3. The van der Waals surface area contributed by atoms with Crippen molar-refractivity contribution in [2.45, 2.75) is 9.79 Å². The summed E-state index contributed by atoms with van der Waals surface area (Å²) in [5.74, 6) is -0.584. The summed E-state index contributed by atoms with van der Waals surface area (Å²) in [6.07, 6.45) is 6.82. The predicted molar refractivity (Wildman–Crippen MR) is 101 cm³/mol. The van der Waals surface area contributed by atoms with E-state index in [9.17, 15) is 35.8 Å². The molecule has 0 fully saturated rings. The van der Waals surface area contributed by atoms with Crippen LogP contribution < -0.4 is 10.2 Å². The van der Waals surface area contributed by atoms with Gasteiger partial charge in [-0.3, -0.25) is 13.9 Å². The number of amides is 1. The van der Waals surface area contributed by atoms with Crippen molar-refractivity contribution < 1.29 is 35.8 Å². The van der Waals surface area contributed by atoms with Gasteiger partial charge in [-0.15, -0.1) is 0 Å². The maximum Gasteiger partial charge on any atom is 0.296 e. The number of allylic oxidation sites excluding steroid dienone is 2. The van der Waals surface area contributed by atoms with Gasteiger partial charge in [0.1, 0.15) is 10.6 Å². The maximum atomic E-state index is 11.9. The van der Waals surface area contributed by atoms with Crippen molar-refractivity contribution in [2.75, 3.05) is 16.8 Å². The first kappa shape index (κ1) is 19.8. The fourth-order valence-electron chi connectivity index (χ4n) is 2.90. The molecule has 1 amide bonds. The summed E-state index contributed by atoms with van der Waals surface area (Å²) in [4.78, 5) is 11.1. The Morgan fingerprint density at radius 1 is 1.04 bits per heavy atom. The Morgan fingerprint density at radius 2 is 1.75 bits per heavy atom. The monoisotopic (exact) mass is 426 g/mol. The molecule has 3 rings (SSSR count). The fourth-order valence-corrected chi connectivity index (χ4v) is 4.12. The minimum Gasteiger partial charge on any atom is -0.507 e. The highest BCUT2D eigenvalue weighted by Gasteiger charge is 2.26. The zero-order valence-electron chi connectivity index (χ0n) is 14.0. The van der Waals surface area contributed by atoms with Crippen LogP contribution in [0.4, 0.5) is 11.4 Å². The van der Waals surface area contributed by atoms with Gasteiger partial charge in [0.2, 0.25) is 6.41 Å². The van der Waals surface area contributed by atoms with Crippen molar-refractivity contribution >= 4 is 48.8 Å². The van der Waals surface area contributed by atoms with Gasteiger partial charge in [-0.25, -0.2) is 0 Å². The number of nitrogens with zero attached hydrogens (tertiary/aromatic N) is 1. The molecule has 0 saturated heterocycles. The van der Waals surface area contributed by atoms with Gasteiger partial charge in [0, 0.05) is 29.6 Å². The Labute approximate surface area is 159 Å². The number of hydrogen-bond acceptors (Lipinski definition) is 7. The van der Waals surface area contributed by atoms with E-state index >= 15 is 0 Å². The number of phenolic OH excluding ortho intramolecular Hbond substituents is 1. The molecular weight excluding hydrogens is 412 g/mol. The van der Waals surface area contributed by atoms with Crippen molar-refractivity contribution in [3.8, 4) is 5.75 Å². The molecule has 4 N–H and O–H groups in total. The van der Waals surface area contributed by atoms with E-state index in [4.69, 9.17) is 0 Å². The van der Waals surface area contributed by atoms with Gasteiger partial charge in [0.05, 0.1) is 16.3 Å². The van der Waals surface area contributed by atoms with Gasteiger partial charge in [-0.1, -0.05) is 12.2 Å². The standard InChI is InChI=1S/C16H14N2O8S2/c19-9-17-16-11-6-10(27(21,22)23)7-13(20)15(11)12(8-14(16)28(24,25)26)18-4-2-1-3-5-18/h1-4,6-9,20H,5H2,(H,17,19)(H,21,22,23)(H,24,25,26). The number of nitrogens with one attached hydrogen (secondary N) is 1. The molecule has 28 heavy (non-hydrogen) atoms. The first-order valence-corrected chi connectivity index (χ1v) is 10.5. The molecule has 0 bridgehead atoms. The highest BCUT2D eigenvalue weighted by Crippen LogP contribution is 2.43. The lowest BCUT2D eigenvalue weighted by Gasteiger charge is -2.25. The van der Waals surface area contributed by atoms with Gasteiger partial charge >= 0.3 is 0 Å². The topological polar surface area (TPSA) is 161 Å². The number of hydrogen-bond donors (Lipinski definition) is 4. The zero-order chi connectivity index (χ0) is 20.7. The first-order valence-electron chi connectivity index (χ1n) is 7.63. The van der Waals surface area contributed by atoms with E-state index < -0.39 is 41.5 Å². The highest BCUT2D eigenvalue weighted by molar-refractivity contribution is 7.86. The quantitative estimate of drug-likeness (QED) is 0.410. The number of aromatic hydroxyl groups is 1. The van der Waals surface area contributed by atoms with Crippen molar-refractivity contribution in [2.24, 2.45) is 0 Å². The van der Waals surface area contributed by atoms with Crippen molar-refractivity contribution in [1.29, 1.82) is 0 Å². The third kappa shape index (κ3) is 3.57. The molecule has 2 aromatic carbocycles. The third-order valence-corrected chi connectivity index (χ3v) is 5.74. The van der Waals surface area contributed by atoms with Crippen molar-refractivity contribution in [3.63, 3.8) is 0 Å². The molecule has 148 valence electrons. The lowest BCUT2D eigenvalue weighted by atomic mass is 10.0. The second-order valence-corrected chi connectivity index (χ2v) is 8.58. The van der Waals surface area contributed by atoms with E-state index in [1.807, 2.05) is 0 Å². The molecule has 0 spiro atoms. The van der Waals surface area contributed by atoms with Gasteiger partial charge < -0.3 is 15.3 Å². The lowest BCUT2D eigenvalue weighted by Crippen LogP contribution is -2.19. The summed E-state index contributed by atoms with van der Waals surface area (Å²) in [5.41, 5.74) is -0.326. The Bertz CT molecular complexity index is 1250.